The van der Waals surface area contributed by atoms with E-state index in [4.69, 9.17) is 0 Å². The molecule has 0 bridgehead atoms. The van der Waals surface area contributed by atoms with Gasteiger partial charge in [-0.1, -0.05) is 30.3 Å². The summed E-state index contributed by atoms with van der Waals surface area (Å²) in [7, 11) is 1.91. The van der Waals surface area contributed by atoms with E-state index < -0.39 is 0 Å². The van der Waals surface area contributed by atoms with Gasteiger partial charge in [-0.15, -0.1) is 5.10 Å². The van der Waals surface area contributed by atoms with Crippen LogP contribution in [-0.2, 0) is 13.6 Å². The molecule has 1 aromatic heterocycles. The molecule has 2 aromatic rings. The van der Waals surface area contributed by atoms with Crippen molar-refractivity contribution in [3.8, 4) is 0 Å². The number of nitrogens with one attached hydrogen (secondary N) is 1. The van der Waals surface area contributed by atoms with Gasteiger partial charge in [-0.05, 0) is 31.0 Å². The SMILES string of the molecule is CCCNC1CCN(Cc2cn(C)nn2)c2ccccc21. The lowest BCUT2D eigenvalue weighted by Crippen LogP contribution is -2.35. The van der Waals surface area contributed by atoms with E-state index in [0.717, 1.165) is 31.7 Å². The predicted octanol–water partition coefficient (Wildman–Crippen LogP) is 2.27. The number of nitrogens with zero attached hydrogens (tertiary/aromatic N) is 4. The molecule has 1 aliphatic heterocycles. The lowest BCUT2D eigenvalue weighted by atomic mass is 9.96. The minimum atomic E-state index is 0.472. The Labute approximate surface area is 126 Å². The van der Waals surface area contributed by atoms with Crippen LogP contribution in [0.2, 0.25) is 0 Å². The average Bonchev–Trinajstić information content (AvgIpc) is 2.92. The van der Waals surface area contributed by atoms with Gasteiger partial charge in [0.2, 0.25) is 0 Å². The monoisotopic (exact) mass is 285 g/mol. The first-order chi connectivity index (χ1) is 10.3. The summed E-state index contributed by atoms with van der Waals surface area (Å²) >= 11 is 0. The highest BCUT2D eigenvalue weighted by molar-refractivity contribution is 5.57. The van der Waals surface area contributed by atoms with Gasteiger partial charge in [0, 0.05) is 31.5 Å². The van der Waals surface area contributed by atoms with Gasteiger partial charge >= 0.3 is 0 Å². The first-order valence-corrected chi connectivity index (χ1v) is 7.70. The second-order valence-electron chi connectivity index (χ2n) is 5.66. The normalized spacial score (nSPS) is 17.8. The van der Waals surface area contributed by atoms with E-state index in [9.17, 15) is 0 Å². The van der Waals surface area contributed by atoms with Crippen molar-refractivity contribution < 1.29 is 0 Å². The van der Waals surface area contributed by atoms with Gasteiger partial charge in [-0.2, -0.15) is 0 Å². The summed E-state index contributed by atoms with van der Waals surface area (Å²) in [5.41, 5.74) is 3.75. The number of hydrogen-bond acceptors (Lipinski definition) is 4. The van der Waals surface area contributed by atoms with E-state index >= 15 is 0 Å². The van der Waals surface area contributed by atoms with E-state index in [-0.39, 0.29) is 0 Å². The third-order valence-electron chi connectivity index (χ3n) is 3.98. The summed E-state index contributed by atoms with van der Waals surface area (Å²) in [6.07, 6.45) is 4.29. The first kappa shape index (κ1) is 14.1. The second-order valence-corrected chi connectivity index (χ2v) is 5.66. The van der Waals surface area contributed by atoms with Gasteiger partial charge < -0.3 is 10.2 Å². The van der Waals surface area contributed by atoms with Gasteiger partial charge in [0.25, 0.3) is 0 Å². The smallest absolute Gasteiger partial charge is 0.102 e. The number of rotatable bonds is 5. The average molecular weight is 285 g/mol. The lowest BCUT2D eigenvalue weighted by Gasteiger charge is -2.35. The molecule has 1 unspecified atom stereocenters. The molecule has 0 aliphatic carbocycles. The molecule has 0 amide bonds. The summed E-state index contributed by atoms with van der Waals surface area (Å²) in [6, 6.07) is 9.17. The number of hydrogen-bond donors (Lipinski definition) is 1. The largest absolute Gasteiger partial charge is 0.365 e. The van der Waals surface area contributed by atoms with E-state index in [1.807, 2.05) is 13.2 Å². The maximum atomic E-state index is 4.21. The zero-order valence-corrected chi connectivity index (χ0v) is 12.8. The third kappa shape index (κ3) is 3.08. The van der Waals surface area contributed by atoms with Crippen molar-refractivity contribution in [2.75, 3.05) is 18.0 Å². The molecule has 3 rings (SSSR count). The number of aromatic nitrogens is 3. The Kier molecular flexibility index (Phi) is 4.20. The van der Waals surface area contributed by atoms with Crippen molar-refractivity contribution >= 4 is 5.69 Å². The molecule has 0 spiro atoms. The molecule has 0 radical (unpaired) electrons. The summed E-state index contributed by atoms with van der Waals surface area (Å²) in [5, 5.41) is 11.9. The Bertz CT molecular complexity index is 592. The van der Waals surface area contributed by atoms with E-state index in [0.29, 0.717) is 6.04 Å². The van der Waals surface area contributed by atoms with Gasteiger partial charge in [0.15, 0.2) is 0 Å². The van der Waals surface area contributed by atoms with Gasteiger partial charge in [0.1, 0.15) is 5.69 Å². The topological polar surface area (TPSA) is 46.0 Å². The van der Waals surface area contributed by atoms with Gasteiger partial charge in [-0.3, -0.25) is 4.68 Å². The fourth-order valence-corrected chi connectivity index (χ4v) is 2.99. The molecular formula is C16H23N5. The molecule has 112 valence electrons. The van der Waals surface area contributed by atoms with Crippen molar-refractivity contribution in [2.45, 2.75) is 32.4 Å². The maximum Gasteiger partial charge on any atom is 0.102 e. The zero-order valence-electron chi connectivity index (χ0n) is 12.8. The quantitative estimate of drug-likeness (QED) is 0.915. The molecule has 2 heterocycles. The summed E-state index contributed by atoms with van der Waals surface area (Å²) in [6.45, 7) is 5.16. The van der Waals surface area contributed by atoms with Crippen LogP contribution in [0.5, 0.6) is 0 Å². The molecule has 1 atom stereocenters. The molecule has 0 saturated heterocycles. The molecule has 1 aliphatic rings. The highest BCUT2D eigenvalue weighted by Gasteiger charge is 2.24. The van der Waals surface area contributed by atoms with Crippen molar-refractivity contribution in [1.82, 2.24) is 20.3 Å². The van der Waals surface area contributed by atoms with Gasteiger partial charge in [0.05, 0.1) is 6.54 Å². The summed E-state index contributed by atoms with van der Waals surface area (Å²) < 4.78 is 1.76. The van der Waals surface area contributed by atoms with Crippen molar-refractivity contribution in [3.63, 3.8) is 0 Å². The molecule has 5 heteroatoms. The van der Waals surface area contributed by atoms with Crippen molar-refractivity contribution in [3.05, 3.63) is 41.7 Å². The number of para-hydroxylation sites is 1. The van der Waals surface area contributed by atoms with Crippen LogP contribution in [-0.4, -0.2) is 28.1 Å². The van der Waals surface area contributed by atoms with Crippen molar-refractivity contribution in [2.24, 2.45) is 7.05 Å². The lowest BCUT2D eigenvalue weighted by molar-refractivity contribution is 0.476. The fraction of sp³-hybridized carbons (Fsp3) is 0.500. The molecule has 0 fully saturated rings. The zero-order chi connectivity index (χ0) is 14.7. The van der Waals surface area contributed by atoms with Crippen LogP contribution in [0.15, 0.2) is 30.5 Å². The maximum absolute atomic E-state index is 4.21. The number of aryl methyl sites for hydroxylation is 1. The highest BCUT2D eigenvalue weighted by atomic mass is 15.4. The highest BCUT2D eigenvalue weighted by Crippen LogP contribution is 2.34. The molecule has 1 aromatic carbocycles. The minimum Gasteiger partial charge on any atom is -0.365 e. The van der Waals surface area contributed by atoms with Crippen LogP contribution in [0.3, 0.4) is 0 Å². The van der Waals surface area contributed by atoms with Gasteiger partial charge in [-0.25, -0.2) is 0 Å². The molecule has 0 saturated carbocycles. The van der Waals surface area contributed by atoms with Crippen LogP contribution < -0.4 is 10.2 Å². The predicted molar refractivity (Wildman–Crippen MR) is 84.1 cm³/mol. The Hall–Kier alpha value is -1.88. The van der Waals surface area contributed by atoms with Crippen LogP contribution in [0.25, 0.3) is 0 Å². The molecule has 5 nitrogen and oxygen atoms in total. The summed E-state index contributed by atoms with van der Waals surface area (Å²) in [5.74, 6) is 0. The third-order valence-corrected chi connectivity index (χ3v) is 3.98. The van der Waals surface area contributed by atoms with Crippen LogP contribution in [0, 0.1) is 0 Å². The number of anilines is 1. The van der Waals surface area contributed by atoms with E-state index in [1.165, 1.54) is 17.7 Å². The molecule has 21 heavy (non-hydrogen) atoms. The van der Waals surface area contributed by atoms with Crippen LogP contribution in [0.4, 0.5) is 5.69 Å². The van der Waals surface area contributed by atoms with Crippen molar-refractivity contribution in [1.29, 1.82) is 0 Å². The Morgan fingerprint density at radius 2 is 2.19 bits per heavy atom. The Morgan fingerprint density at radius 3 is 2.95 bits per heavy atom. The first-order valence-electron chi connectivity index (χ1n) is 7.70. The fourth-order valence-electron chi connectivity index (χ4n) is 2.99. The summed E-state index contributed by atoms with van der Waals surface area (Å²) in [4.78, 5) is 2.41. The van der Waals surface area contributed by atoms with Crippen LogP contribution in [0.1, 0.15) is 37.1 Å². The van der Waals surface area contributed by atoms with E-state index in [1.54, 1.807) is 4.68 Å². The number of fused-ring (bicyclic) bond motifs is 1. The minimum absolute atomic E-state index is 0.472. The molecule has 1 N–H and O–H groups in total. The number of benzene rings is 1. The molecular weight excluding hydrogens is 262 g/mol. The Balaban J connectivity index is 1.80. The standard InChI is InChI=1S/C16H23N5/c1-3-9-17-15-8-10-21(12-13-11-20(2)19-18-13)16-7-5-4-6-14(15)16/h4-7,11,15,17H,3,8-10,12H2,1-2H3. The van der Waals surface area contributed by atoms with Crippen LogP contribution >= 0.6 is 0 Å². The van der Waals surface area contributed by atoms with E-state index in [2.05, 4.69) is 51.7 Å². The second kappa shape index (κ2) is 6.26. The Morgan fingerprint density at radius 1 is 1.33 bits per heavy atom.